The van der Waals surface area contributed by atoms with Crippen molar-refractivity contribution in [2.24, 2.45) is 0 Å². The fourth-order valence-electron chi connectivity index (χ4n) is 9.30. The topological polar surface area (TPSA) is 22.8 Å². The van der Waals surface area contributed by atoms with E-state index in [-0.39, 0.29) is 0 Å². The molecule has 2 aliphatic rings. The maximum atomic E-state index is 5.30. The molecule has 3 aromatic heterocycles. The molecule has 2 aliphatic carbocycles. The Morgan fingerprint density at radius 3 is 1.93 bits per heavy atom. The Bertz CT molecular complexity index is 2980. The lowest BCUT2D eigenvalue weighted by Crippen LogP contribution is -2.06. The zero-order valence-electron chi connectivity index (χ0n) is 31.3. The summed E-state index contributed by atoms with van der Waals surface area (Å²) in [6.45, 7) is 0. The molecule has 3 heterocycles. The van der Waals surface area contributed by atoms with Crippen LogP contribution in [0.3, 0.4) is 0 Å². The van der Waals surface area contributed by atoms with E-state index >= 15 is 0 Å². The molecule has 0 spiro atoms. The quantitative estimate of drug-likeness (QED) is 0.157. The summed E-state index contributed by atoms with van der Waals surface area (Å²) in [6.07, 6.45) is 12.6. The van der Waals surface area contributed by atoms with Crippen LogP contribution in [-0.2, 0) is 6.42 Å². The van der Waals surface area contributed by atoms with Crippen LogP contribution in [0.4, 0.5) is 0 Å². The molecule has 0 saturated heterocycles. The minimum atomic E-state index is 0.320. The first-order valence-corrected chi connectivity index (χ1v) is 20.0. The summed E-state index contributed by atoms with van der Waals surface area (Å²) in [6, 6.07) is 59.9. The molecule has 3 nitrogen and oxygen atoms in total. The van der Waals surface area contributed by atoms with Gasteiger partial charge in [-0.3, -0.25) is 4.98 Å². The summed E-state index contributed by atoms with van der Waals surface area (Å²) in [7, 11) is 0. The summed E-state index contributed by atoms with van der Waals surface area (Å²) in [5.41, 5.74) is 17.2. The Hall–Kier alpha value is -6.71. The van der Waals surface area contributed by atoms with Gasteiger partial charge in [0, 0.05) is 44.6 Å². The average molecular weight is 720 g/mol. The van der Waals surface area contributed by atoms with Crippen LogP contribution >= 0.6 is 0 Å². The highest BCUT2D eigenvalue weighted by atomic mass is 15.0. The van der Waals surface area contributed by atoms with Crippen molar-refractivity contribution in [3.05, 3.63) is 198 Å². The standard InChI is InChI=1S/C53H41N3/c1-4-14-36(15-5-1)37-24-28-42(29-25-37)55-51-23-13-11-21-45(51)47-32-40(27-31-52(47)55)41-26-30-46-44-20-10-12-22-50(44)56(53(46)33-41)43-34-48(38-16-6-2-7-17-38)54-49(35-43)39-18-8-3-9-19-39/h1-2,4-8,10-18,20-26,28-30,32-35,39H,3,9,19,27,31H2. The van der Waals surface area contributed by atoms with Crippen molar-refractivity contribution in [1.29, 1.82) is 0 Å². The molecule has 1 atom stereocenters. The van der Waals surface area contributed by atoms with Gasteiger partial charge in [-0.1, -0.05) is 133 Å². The molecule has 0 fully saturated rings. The third-order valence-corrected chi connectivity index (χ3v) is 12.0. The fraction of sp³-hybridized carbons (Fsp3) is 0.113. The number of pyridine rings is 1. The number of hydrogen-bond acceptors (Lipinski definition) is 1. The minimum absolute atomic E-state index is 0.320. The average Bonchev–Trinajstić information content (AvgIpc) is 3.79. The Morgan fingerprint density at radius 1 is 0.500 bits per heavy atom. The van der Waals surface area contributed by atoms with Gasteiger partial charge >= 0.3 is 0 Å². The van der Waals surface area contributed by atoms with Gasteiger partial charge in [-0.05, 0) is 103 Å². The molecule has 0 N–H and O–H groups in total. The molecule has 9 aromatic rings. The fourth-order valence-corrected chi connectivity index (χ4v) is 9.30. The Kier molecular flexibility index (Phi) is 7.91. The van der Waals surface area contributed by atoms with E-state index in [1.165, 1.54) is 78.3 Å². The molecular weight excluding hydrogens is 679 g/mol. The summed E-state index contributed by atoms with van der Waals surface area (Å²) in [5.74, 6) is 0.320. The maximum absolute atomic E-state index is 5.30. The van der Waals surface area contributed by atoms with E-state index in [2.05, 4.69) is 191 Å². The van der Waals surface area contributed by atoms with Gasteiger partial charge < -0.3 is 9.13 Å². The minimum Gasteiger partial charge on any atom is -0.313 e. The summed E-state index contributed by atoms with van der Waals surface area (Å²) >= 11 is 0. The molecule has 6 aromatic carbocycles. The van der Waals surface area contributed by atoms with E-state index in [0.717, 1.165) is 48.3 Å². The number of para-hydroxylation sites is 2. The monoisotopic (exact) mass is 719 g/mol. The number of benzene rings is 6. The number of nitrogens with zero attached hydrogens (tertiary/aromatic N) is 3. The van der Waals surface area contributed by atoms with Crippen LogP contribution in [0.2, 0.25) is 0 Å². The van der Waals surface area contributed by atoms with E-state index in [4.69, 9.17) is 4.98 Å². The molecule has 0 radical (unpaired) electrons. The second-order valence-corrected chi connectivity index (χ2v) is 15.3. The van der Waals surface area contributed by atoms with Crippen LogP contribution in [0.25, 0.3) is 78.1 Å². The molecule has 1 unspecified atom stereocenters. The highest BCUT2D eigenvalue weighted by molar-refractivity contribution is 6.10. The maximum Gasteiger partial charge on any atom is 0.0726 e. The number of allylic oxidation sites excluding steroid dienone is 3. The Balaban J connectivity index is 1.05. The predicted octanol–water partition coefficient (Wildman–Crippen LogP) is 13.8. The molecule has 268 valence electrons. The van der Waals surface area contributed by atoms with Crippen molar-refractivity contribution in [3.63, 3.8) is 0 Å². The lowest BCUT2D eigenvalue weighted by atomic mass is 9.90. The summed E-state index contributed by atoms with van der Waals surface area (Å²) in [5, 5.41) is 3.85. The second-order valence-electron chi connectivity index (χ2n) is 15.3. The second kappa shape index (κ2) is 13.5. The largest absolute Gasteiger partial charge is 0.313 e. The van der Waals surface area contributed by atoms with Crippen LogP contribution in [0.15, 0.2) is 176 Å². The Labute approximate surface area is 327 Å². The van der Waals surface area contributed by atoms with Crippen molar-refractivity contribution in [2.45, 2.75) is 38.0 Å². The van der Waals surface area contributed by atoms with Gasteiger partial charge in [0.1, 0.15) is 0 Å². The molecule has 11 rings (SSSR count). The number of aromatic nitrogens is 3. The van der Waals surface area contributed by atoms with E-state index in [0.29, 0.717) is 5.92 Å². The van der Waals surface area contributed by atoms with Gasteiger partial charge in [0.2, 0.25) is 0 Å². The van der Waals surface area contributed by atoms with Crippen LogP contribution in [0, 0.1) is 0 Å². The van der Waals surface area contributed by atoms with Crippen LogP contribution in [-0.4, -0.2) is 14.1 Å². The van der Waals surface area contributed by atoms with Gasteiger partial charge in [-0.2, -0.15) is 0 Å². The molecule has 56 heavy (non-hydrogen) atoms. The highest BCUT2D eigenvalue weighted by Crippen LogP contribution is 2.41. The van der Waals surface area contributed by atoms with E-state index in [9.17, 15) is 0 Å². The summed E-state index contributed by atoms with van der Waals surface area (Å²) < 4.78 is 4.97. The third kappa shape index (κ3) is 5.54. The lowest BCUT2D eigenvalue weighted by Gasteiger charge is -2.20. The zero-order chi connectivity index (χ0) is 37.0. The smallest absolute Gasteiger partial charge is 0.0726 e. The molecule has 3 heteroatoms. The van der Waals surface area contributed by atoms with Crippen molar-refractivity contribution in [3.8, 4) is 33.8 Å². The van der Waals surface area contributed by atoms with Crippen molar-refractivity contribution in [2.75, 3.05) is 0 Å². The first-order valence-electron chi connectivity index (χ1n) is 20.0. The number of hydrogen-bond donors (Lipinski definition) is 0. The third-order valence-electron chi connectivity index (χ3n) is 12.0. The molecule has 0 bridgehead atoms. The lowest BCUT2D eigenvalue weighted by molar-refractivity contribution is 0.641. The predicted molar refractivity (Wildman–Crippen MR) is 235 cm³/mol. The molecule has 0 saturated carbocycles. The normalized spacial score (nSPS) is 15.4. The first kappa shape index (κ1) is 32.7. The van der Waals surface area contributed by atoms with Gasteiger partial charge in [-0.15, -0.1) is 0 Å². The molecule has 0 amide bonds. The highest BCUT2D eigenvalue weighted by Gasteiger charge is 2.23. The summed E-state index contributed by atoms with van der Waals surface area (Å²) in [4.78, 5) is 5.30. The van der Waals surface area contributed by atoms with Gasteiger partial charge in [0.05, 0.1) is 33.6 Å². The Morgan fingerprint density at radius 2 is 1.16 bits per heavy atom. The molecular formula is C53H41N3. The number of rotatable bonds is 6. The SMILES string of the molecule is C1=CC(c2cc(-n3c4ccccc4c4ccc(C5=Cc6c(n(-c7ccc(-c8ccccc8)cc7)c7ccccc67)CC5)cc43)cc(-c3ccccc3)n2)CCC1. The molecule has 0 aliphatic heterocycles. The zero-order valence-corrected chi connectivity index (χ0v) is 31.3. The van der Waals surface area contributed by atoms with Gasteiger partial charge in [-0.25, -0.2) is 0 Å². The van der Waals surface area contributed by atoms with Crippen LogP contribution in [0.5, 0.6) is 0 Å². The first-order chi connectivity index (χ1) is 27.8. The van der Waals surface area contributed by atoms with Crippen LogP contribution < -0.4 is 0 Å². The van der Waals surface area contributed by atoms with Gasteiger partial charge in [0.15, 0.2) is 0 Å². The van der Waals surface area contributed by atoms with Crippen LogP contribution in [0.1, 0.15) is 54.1 Å². The van der Waals surface area contributed by atoms with Crippen molar-refractivity contribution in [1.82, 2.24) is 14.1 Å². The van der Waals surface area contributed by atoms with Crippen molar-refractivity contribution < 1.29 is 0 Å². The van der Waals surface area contributed by atoms with Gasteiger partial charge in [0.25, 0.3) is 0 Å². The van der Waals surface area contributed by atoms with E-state index in [1.54, 1.807) is 0 Å². The van der Waals surface area contributed by atoms with E-state index in [1.807, 2.05) is 0 Å². The number of fused-ring (bicyclic) bond motifs is 6. The van der Waals surface area contributed by atoms with Crippen molar-refractivity contribution >= 4 is 44.4 Å². The van der Waals surface area contributed by atoms with E-state index < -0.39 is 0 Å².